The van der Waals surface area contributed by atoms with Gasteiger partial charge in [0.2, 0.25) is 15.9 Å². The van der Waals surface area contributed by atoms with Crippen LogP contribution in [-0.4, -0.2) is 89.8 Å². The van der Waals surface area contributed by atoms with Crippen molar-refractivity contribution in [3.8, 4) is 0 Å². The molecule has 0 saturated heterocycles. The van der Waals surface area contributed by atoms with Crippen LogP contribution in [0.5, 0.6) is 0 Å². The summed E-state index contributed by atoms with van der Waals surface area (Å²) >= 11 is 6.42. The van der Waals surface area contributed by atoms with Gasteiger partial charge in [-0.25, -0.2) is 18.2 Å². The molecule has 47 heavy (non-hydrogen) atoms. The highest BCUT2D eigenvalue weighted by molar-refractivity contribution is 7.89. The number of aromatic carboxylic acids is 1. The number of carbonyl (C=O) groups is 3. The molecule has 3 aromatic carbocycles. The Morgan fingerprint density at radius 1 is 0.979 bits per heavy atom. The van der Waals surface area contributed by atoms with E-state index in [4.69, 9.17) is 11.6 Å². The zero-order chi connectivity index (χ0) is 34.5. The lowest BCUT2D eigenvalue weighted by atomic mass is 10.1. The van der Waals surface area contributed by atoms with Gasteiger partial charge in [-0.15, -0.1) is 0 Å². The summed E-state index contributed by atoms with van der Waals surface area (Å²) in [5.74, 6) is -2.19. The van der Waals surface area contributed by atoms with Gasteiger partial charge in [-0.3, -0.25) is 30.0 Å². The summed E-state index contributed by atoms with van der Waals surface area (Å²) in [6.07, 6.45) is 0. The molecule has 1 aliphatic heterocycles. The monoisotopic (exact) mass is 686 g/mol. The number of benzene rings is 3. The normalized spacial score (nSPS) is 13.1. The molecule has 0 radical (unpaired) electrons. The van der Waals surface area contributed by atoms with Crippen LogP contribution in [0.1, 0.15) is 35.3 Å². The Labute approximate surface area is 277 Å². The van der Waals surface area contributed by atoms with Crippen molar-refractivity contribution in [2.24, 2.45) is 0 Å². The van der Waals surface area contributed by atoms with Crippen LogP contribution < -0.4 is 10.2 Å². The van der Waals surface area contributed by atoms with Crippen LogP contribution in [0.3, 0.4) is 0 Å². The van der Waals surface area contributed by atoms with Crippen molar-refractivity contribution in [3.63, 3.8) is 0 Å². The highest BCUT2D eigenvalue weighted by Crippen LogP contribution is 2.30. The third-order valence-electron chi connectivity index (χ3n) is 7.72. The number of likely N-dealkylation sites (N-methyl/N-ethyl adjacent to an activating group) is 1. The topological polar surface area (TPSA) is 174 Å². The van der Waals surface area contributed by atoms with E-state index in [1.54, 1.807) is 20.9 Å². The van der Waals surface area contributed by atoms with Gasteiger partial charge < -0.3 is 10.0 Å². The number of para-hydroxylation sites is 1. The molecule has 4 rings (SSSR count). The van der Waals surface area contributed by atoms with Gasteiger partial charge >= 0.3 is 5.97 Å². The van der Waals surface area contributed by atoms with Gasteiger partial charge in [-0.05, 0) is 49.2 Å². The molecule has 0 aliphatic carbocycles. The van der Waals surface area contributed by atoms with Gasteiger partial charge in [0.15, 0.2) is 4.90 Å². The summed E-state index contributed by atoms with van der Waals surface area (Å²) in [6, 6.07) is 15.9. The first-order chi connectivity index (χ1) is 22.2. The van der Waals surface area contributed by atoms with E-state index in [0.717, 1.165) is 32.5 Å². The molecule has 1 aliphatic rings. The number of carbonyl (C=O) groups excluding carboxylic acids is 2. The highest BCUT2D eigenvalue weighted by atomic mass is 35.5. The minimum Gasteiger partial charge on any atom is -0.478 e. The fourth-order valence-corrected chi connectivity index (χ4v) is 7.22. The number of carboxylic acids is 1. The van der Waals surface area contributed by atoms with Crippen LogP contribution >= 0.6 is 11.6 Å². The summed E-state index contributed by atoms with van der Waals surface area (Å²) < 4.78 is 28.4. The van der Waals surface area contributed by atoms with Gasteiger partial charge in [0.1, 0.15) is 0 Å². The smallest absolute Gasteiger partial charge is 0.335 e. The fourth-order valence-electron chi connectivity index (χ4n) is 5.21. The molecular formula is C31H35ClN6O8S. The Kier molecular flexibility index (Phi) is 11.3. The van der Waals surface area contributed by atoms with Crippen molar-refractivity contribution in [3.05, 3.63) is 98.6 Å². The second-order valence-electron chi connectivity index (χ2n) is 11.1. The van der Waals surface area contributed by atoms with Crippen LogP contribution in [0.2, 0.25) is 5.02 Å². The molecule has 2 N–H and O–H groups in total. The summed E-state index contributed by atoms with van der Waals surface area (Å²) in [4.78, 5) is 49.8. The van der Waals surface area contributed by atoms with Crippen molar-refractivity contribution in [2.75, 3.05) is 38.1 Å². The number of carboxylic acid groups (broad SMARTS) is 1. The highest BCUT2D eigenvalue weighted by Gasteiger charge is 2.34. The lowest BCUT2D eigenvalue weighted by Gasteiger charge is -2.30. The SMILES string of the molecule is CC(C)N(CCN(C(=O)CNCC(=O)N(C)N1Cc2ccccc2C1)c1cc(C(=O)O)ccc1Cl)S(=O)(=O)c1ccccc1[N+](=O)[O-]. The molecule has 0 fully saturated rings. The molecule has 0 spiro atoms. The molecule has 3 aromatic rings. The Morgan fingerprint density at radius 2 is 1.57 bits per heavy atom. The van der Waals surface area contributed by atoms with E-state index >= 15 is 0 Å². The van der Waals surface area contributed by atoms with E-state index < -0.39 is 43.4 Å². The van der Waals surface area contributed by atoms with Gasteiger partial charge in [0.25, 0.3) is 11.6 Å². The molecule has 2 amide bonds. The molecular weight excluding hydrogens is 652 g/mol. The number of hydrazine groups is 1. The first-order valence-electron chi connectivity index (χ1n) is 14.6. The van der Waals surface area contributed by atoms with Crippen LogP contribution in [0.25, 0.3) is 0 Å². The second kappa shape index (κ2) is 15.0. The summed E-state index contributed by atoms with van der Waals surface area (Å²) in [6.45, 7) is 3.11. The number of hydrogen-bond acceptors (Lipinski definition) is 9. The Bertz CT molecular complexity index is 1760. The largest absolute Gasteiger partial charge is 0.478 e. The minimum absolute atomic E-state index is 0.0171. The van der Waals surface area contributed by atoms with Crippen molar-refractivity contribution in [2.45, 2.75) is 37.9 Å². The van der Waals surface area contributed by atoms with Crippen molar-refractivity contribution < 1.29 is 32.8 Å². The number of hydrogen-bond donors (Lipinski definition) is 2. The Morgan fingerprint density at radius 3 is 2.17 bits per heavy atom. The van der Waals surface area contributed by atoms with E-state index in [-0.39, 0.29) is 48.4 Å². The van der Waals surface area contributed by atoms with E-state index in [9.17, 15) is 38.0 Å². The molecule has 0 bridgehead atoms. The van der Waals surface area contributed by atoms with E-state index in [1.165, 1.54) is 35.3 Å². The number of rotatable bonds is 14. The molecule has 0 unspecified atom stereocenters. The number of sulfonamides is 1. The third kappa shape index (κ3) is 8.12. The van der Waals surface area contributed by atoms with Gasteiger partial charge in [-0.2, -0.15) is 4.31 Å². The average Bonchev–Trinajstić information content (AvgIpc) is 3.47. The van der Waals surface area contributed by atoms with Crippen LogP contribution in [0, 0.1) is 10.1 Å². The standard InChI is InChI=1S/C31H35ClN6O8S/c1-21(2)37(47(45,46)28-11-7-6-10-26(28)38(43)44)15-14-36(27-16-22(31(41)42)12-13-25(27)32)30(40)18-33-17-29(39)34(3)35-19-23-8-4-5-9-24(23)20-35/h4-13,16,21,33H,14-15,17-20H2,1-3H3,(H,41,42). The van der Waals surface area contributed by atoms with Crippen LogP contribution in [-0.2, 0) is 32.7 Å². The number of halogens is 1. The number of anilines is 1. The molecule has 0 aromatic heterocycles. The van der Waals surface area contributed by atoms with E-state index in [0.29, 0.717) is 13.1 Å². The Hall–Kier alpha value is -4.41. The summed E-state index contributed by atoms with van der Waals surface area (Å²) in [5, 5.41) is 27.4. The minimum atomic E-state index is -4.42. The second-order valence-corrected chi connectivity index (χ2v) is 13.3. The zero-order valence-electron chi connectivity index (χ0n) is 26.0. The number of fused-ring (bicyclic) bond motifs is 1. The molecule has 0 atom stereocenters. The van der Waals surface area contributed by atoms with Gasteiger partial charge in [0, 0.05) is 45.3 Å². The first-order valence-corrected chi connectivity index (χ1v) is 16.4. The number of nitrogens with zero attached hydrogens (tertiary/aromatic N) is 5. The molecule has 14 nitrogen and oxygen atoms in total. The molecule has 16 heteroatoms. The first kappa shape index (κ1) is 35.4. The zero-order valence-corrected chi connectivity index (χ0v) is 27.6. The Balaban J connectivity index is 1.52. The maximum absolute atomic E-state index is 13.7. The fraction of sp³-hybridized carbons (Fsp3) is 0.323. The molecule has 0 saturated carbocycles. The molecule has 250 valence electrons. The summed E-state index contributed by atoms with van der Waals surface area (Å²) in [7, 11) is -2.78. The van der Waals surface area contributed by atoms with Crippen molar-refractivity contribution in [1.82, 2.24) is 19.6 Å². The third-order valence-corrected chi connectivity index (χ3v) is 10.2. The van der Waals surface area contributed by atoms with Gasteiger partial charge in [0.05, 0.1) is 34.3 Å². The maximum Gasteiger partial charge on any atom is 0.335 e. The van der Waals surface area contributed by atoms with Crippen molar-refractivity contribution >= 4 is 50.8 Å². The number of nitrogens with one attached hydrogen (secondary N) is 1. The average molecular weight is 687 g/mol. The van der Waals surface area contributed by atoms with E-state index in [1.807, 2.05) is 29.3 Å². The van der Waals surface area contributed by atoms with Crippen LogP contribution in [0.15, 0.2) is 71.6 Å². The van der Waals surface area contributed by atoms with Gasteiger partial charge in [-0.1, -0.05) is 48.0 Å². The number of nitro benzene ring substituents is 1. The van der Waals surface area contributed by atoms with Crippen molar-refractivity contribution in [1.29, 1.82) is 0 Å². The quantitative estimate of drug-likeness (QED) is 0.189. The molecule has 1 heterocycles. The van der Waals surface area contributed by atoms with E-state index in [2.05, 4.69) is 5.32 Å². The predicted octanol–water partition coefficient (Wildman–Crippen LogP) is 3.36. The lowest BCUT2D eigenvalue weighted by molar-refractivity contribution is -0.387. The number of amides is 2. The number of nitro groups is 1. The maximum atomic E-state index is 13.7. The lowest BCUT2D eigenvalue weighted by Crippen LogP contribution is -2.48. The van der Waals surface area contributed by atoms with Crippen LogP contribution in [0.4, 0.5) is 11.4 Å². The predicted molar refractivity (Wildman–Crippen MR) is 174 cm³/mol. The summed E-state index contributed by atoms with van der Waals surface area (Å²) in [5.41, 5.74) is 1.49.